The average molecular weight is 266 g/mol. The SMILES string of the molecule is C[C@@H]1CCCN([C@@H](C)CNC(=O)Cn2cnnn2)C1. The fourth-order valence-corrected chi connectivity index (χ4v) is 2.47. The van der Waals surface area contributed by atoms with E-state index in [1.54, 1.807) is 0 Å². The molecule has 0 saturated carbocycles. The van der Waals surface area contributed by atoms with E-state index in [1.165, 1.54) is 23.9 Å². The molecule has 1 aliphatic rings. The first-order chi connectivity index (χ1) is 9.15. The van der Waals surface area contributed by atoms with E-state index in [0.29, 0.717) is 12.6 Å². The van der Waals surface area contributed by atoms with Crippen molar-refractivity contribution in [3.8, 4) is 0 Å². The molecule has 2 rings (SSSR count). The molecule has 19 heavy (non-hydrogen) atoms. The maximum absolute atomic E-state index is 11.7. The van der Waals surface area contributed by atoms with Gasteiger partial charge in [-0.25, -0.2) is 4.68 Å². The zero-order valence-corrected chi connectivity index (χ0v) is 11.6. The molecule has 1 N–H and O–H groups in total. The van der Waals surface area contributed by atoms with Gasteiger partial charge in [0.05, 0.1) is 0 Å². The van der Waals surface area contributed by atoms with Crippen LogP contribution in [0.4, 0.5) is 0 Å². The fourth-order valence-electron chi connectivity index (χ4n) is 2.47. The topological polar surface area (TPSA) is 75.9 Å². The Kier molecular flexibility index (Phi) is 4.84. The number of nitrogens with zero attached hydrogens (tertiary/aromatic N) is 5. The molecule has 0 radical (unpaired) electrons. The number of carbonyl (C=O) groups is 1. The summed E-state index contributed by atoms with van der Waals surface area (Å²) >= 11 is 0. The summed E-state index contributed by atoms with van der Waals surface area (Å²) in [5.41, 5.74) is 0. The Bertz CT molecular complexity index is 393. The summed E-state index contributed by atoms with van der Waals surface area (Å²) in [6.07, 6.45) is 4.01. The fraction of sp³-hybridized carbons (Fsp3) is 0.833. The van der Waals surface area contributed by atoms with Gasteiger partial charge in [-0.2, -0.15) is 0 Å². The molecule has 0 aromatic carbocycles. The predicted octanol–water partition coefficient (Wildman–Crippen LogP) is -0.0903. The Morgan fingerprint density at radius 1 is 1.58 bits per heavy atom. The van der Waals surface area contributed by atoms with Gasteiger partial charge in [0.15, 0.2) is 0 Å². The molecule has 106 valence electrons. The van der Waals surface area contributed by atoms with Gasteiger partial charge in [-0.15, -0.1) is 5.10 Å². The number of nitrogens with one attached hydrogen (secondary N) is 1. The van der Waals surface area contributed by atoms with Crippen LogP contribution in [0.1, 0.15) is 26.7 Å². The van der Waals surface area contributed by atoms with Crippen LogP contribution in [0.3, 0.4) is 0 Å². The minimum atomic E-state index is -0.0517. The molecular formula is C12H22N6O. The van der Waals surface area contributed by atoms with Crippen LogP contribution in [0.25, 0.3) is 0 Å². The number of aromatic nitrogens is 4. The molecule has 7 nitrogen and oxygen atoms in total. The van der Waals surface area contributed by atoms with Crippen molar-refractivity contribution in [2.75, 3.05) is 19.6 Å². The van der Waals surface area contributed by atoms with Gasteiger partial charge < -0.3 is 5.32 Å². The van der Waals surface area contributed by atoms with Crippen LogP contribution in [-0.2, 0) is 11.3 Å². The lowest BCUT2D eigenvalue weighted by atomic mass is 9.99. The molecule has 0 aliphatic carbocycles. The van der Waals surface area contributed by atoms with Gasteiger partial charge in [0.25, 0.3) is 0 Å². The molecule has 1 aromatic rings. The van der Waals surface area contributed by atoms with Crippen molar-refractivity contribution in [2.45, 2.75) is 39.3 Å². The molecule has 0 bridgehead atoms. The first-order valence-electron chi connectivity index (χ1n) is 6.86. The van der Waals surface area contributed by atoms with Crippen LogP contribution >= 0.6 is 0 Å². The van der Waals surface area contributed by atoms with Crippen molar-refractivity contribution in [3.63, 3.8) is 0 Å². The quantitative estimate of drug-likeness (QED) is 0.806. The van der Waals surface area contributed by atoms with Gasteiger partial charge in [-0.1, -0.05) is 6.92 Å². The maximum Gasteiger partial charge on any atom is 0.241 e. The molecule has 1 aromatic heterocycles. The number of carbonyl (C=O) groups excluding carboxylic acids is 1. The zero-order chi connectivity index (χ0) is 13.7. The van der Waals surface area contributed by atoms with Gasteiger partial charge >= 0.3 is 0 Å². The average Bonchev–Trinajstić information content (AvgIpc) is 2.88. The smallest absolute Gasteiger partial charge is 0.241 e. The van der Waals surface area contributed by atoms with Gasteiger partial charge in [0, 0.05) is 19.1 Å². The summed E-state index contributed by atoms with van der Waals surface area (Å²) in [7, 11) is 0. The zero-order valence-electron chi connectivity index (χ0n) is 11.6. The second-order valence-electron chi connectivity index (χ2n) is 5.40. The lowest BCUT2D eigenvalue weighted by molar-refractivity contribution is -0.122. The van der Waals surface area contributed by atoms with E-state index < -0.39 is 0 Å². The summed E-state index contributed by atoms with van der Waals surface area (Å²) < 4.78 is 1.42. The summed E-state index contributed by atoms with van der Waals surface area (Å²) in [6.45, 7) is 7.56. The third-order valence-electron chi connectivity index (χ3n) is 3.60. The molecule has 1 aliphatic heterocycles. The molecule has 1 fully saturated rings. The van der Waals surface area contributed by atoms with Crippen LogP contribution < -0.4 is 5.32 Å². The summed E-state index contributed by atoms with van der Waals surface area (Å²) in [5.74, 6) is 0.706. The highest BCUT2D eigenvalue weighted by atomic mass is 16.2. The minimum absolute atomic E-state index is 0.0517. The second kappa shape index (κ2) is 6.60. The normalized spacial score (nSPS) is 22.1. The Morgan fingerprint density at radius 2 is 2.42 bits per heavy atom. The van der Waals surface area contributed by atoms with Gasteiger partial charge in [-0.3, -0.25) is 9.69 Å². The first-order valence-corrected chi connectivity index (χ1v) is 6.86. The van der Waals surface area contributed by atoms with Crippen LogP contribution in [0.2, 0.25) is 0 Å². The molecule has 2 heterocycles. The van der Waals surface area contributed by atoms with E-state index in [9.17, 15) is 4.79 Å². The Balaban J connectivity index is 1.70. The van der Waals surface area contributed by atoms with Crippen molar-refractivity contribution >= 4 is 5.91 Å². The minimum Gasteiger partial charge on any atom is -0.353 e. The molecular weight excluding hydrogens is 244 g/mol. The molecule has 1 amide bonds. The third kappa shape index (κ3) is 4.27. The van der Waals surface area contributed by atoms with E-state index in [4.69, 9.17) is 0 Å². The van der Waals surface area contributed by atoms with Crippen molar-refractivity contribution in [3.05, 3.63) is 6.33 Å². The van der Waals surface area contributed by atoms with E-state index >= 15 is 0 Å². The van der Waals surface area contributed by atoms with Crippen LogP contribution in [0.5, 0.6) is 0 Å². The summed E-state index contributed by atoms with van der Waals surface area (Å²) in [5, 5.41) is 13.6. The highest BCUT2D eigenvalue weighted by Crippen LogP contribution is 2.17. The molecule has 0 spiro atoms. The van der Waals surface area contributed by atoms with Crippen LogP contribution in [0.15, 0.2) is 6.33 Å². The lowest BCUT2D eigenvalue weighted by Gasteiger charge is -2.35. The Morgan fingerprint density at radius 3 is 3.11 bits per heavy atom. The van der Waals surface area contributed by atoms with Crippen LogP contribution in [-0.4, -0.2) is 56.7 Å². The van der Waals surface area contributed by atoms with Gasteiger partial charge in [0.1, 0.15) is 12.9 Å². The highest BCUT2D eigenvalue weighted by Gasteiger charge is 2.21. The van der Waals surface area contributed by atoms with E-state index in [0.717, 1.165) is 19.0 Å². The highest BCUT2D eigenvalue weighted by molar-refractivity contribution is 5.75. The number of rotatable bonds is 5. The summed E-state index contributed by atoms with van der Waals surface area (Å²) in [4.78, 5) is 14.2. The van der Waals surface area contributed by atoms with Crippen molar-refractivity contribution in [1.29, 1.82) is 0 Å². The molecule has 2 atom stereocenters. The van der Waals surface area contributed by atoms with E-state index in [-0.39, 0.29) is 12.5 Å². The largest absolute Gasteiger partial charge is 0.353 e. The number of tetrazole rings is 1. The number of piperidine rings is 1. The summed E-state index contributed by atoms with van der Waals surface area (Å²) in [6, 6.07) is 0.376. The van der Waals surface area contributed by atoms with Gasteiger partial charge in [-0.05, 0) is 42.7 Å². The van der Waals surface area contributed by atoms with E-state index in [1.807, 2.05) is 0 Å². The number of hydrogen-bond acceptors (Lipinski definition) is 5. The molecule has 1 saturated heterocycles. The number of likely N-dealkylation sites (tertiary alicyclic amines) is 1. The van der Waals surface area contributed by atoms with Crippen molar-refractivity contribution in [2.24, 2.45) is 5.92 Å². The number of hydrogen-bond donors (Lipinski definition) is 1. The Labute approximate surface area is 113 Å². The third-order valence-corrected chi connectivity index (χ3v) is 3.60. The monoisotopic (exact) mass is 266 g/mol. The maximum atomic E-state index is 11.7. The Hall–Kier alpha value is -1.50. The molecule has 7 heteroatoms. The van der Waals surface area contributed by atoms with Crippen LogP contribution in [0, 0.1) is 5.92 Å². The van der Waals surface area contributed by atoms with E-state index in [2.05, 4.69) is 39.6 Å². The molecule has 0 unspecified atom stereocenters. The lowest BCUT2D eigenvalue weighted by Crippen LogP contribution is -2.46. The van der Waals surface area contributed by atoms with Gasteiger partial charge in [0.2, 0.25) is 5.91 Å². The van der Waals surface area contributed by atoms with Crippen molar-refractivity contribution in [1.82, 2.24) is 30.4 Å². The standard InChI is InChI=1S/C12H22N6O/c1-10-4-3-5-17(7-10)11(2)6-13-12(19)8-18-9-14-15-16-18/h9-11H,3-8H2,1-2H3,(H,13,19)/t10-,11+/m1/s1. The van der Waals surface area contributed by atoms with Crippen molar-refractivity contribution < 1.29 is 4.79 Å². The number of amides is 1. The second-order valence-corrected chi connectivity index (χ2v) is 5.40. The predicted molar refractivity (Wildman–Crippen MR) is 70.3 cm³/mol. The first kappa shape index (κ1) is 13.9.